The Kier molecular flexibility index (Phi) is 4.94. The summed E-state index contributed by atoms with van der Waals surface area (Å²) in [5.41, 5.74) is 5.15. The zero-order valence-electron chi connectivity index (χ0n) is 15.6. The van der Waals surface area contributed by atoms with Crippen LogP contribution in [0.5, 0.6) is 0 Å². The fourth-order valence-corrected chi connectivity index (χ4v) is 4.00. The van der Waals surface area contributed by atoms with Crippen molar-refractivity contribution in [3.8, 4) is 0 Å². The molecule has 0 unspecified atom stereocenters. The number of benzene rings is 1. The van der Waals surface area contributed by atoms with Gasteiger partial charge in [0, 0.05) is 31.0 Å². The maximum Gasteiger partial charge on any atom is 0.194 e. The Morgan fingerprint density at radius 1 is 1.26 bits per heavy atom. The van der Waals surface area contributed by atoms with Crippen molar-refractivity contribution in [3.05, 3.63) is 69.6 Å². The summed E-state index contributed by atoms with van der Waals surface area (Å²) in [6, 6.07) is 10.8. The van der Waals surface area contributed by atoms with Gasteiger partial charge < -0.3 is 15.0 Å². The fourth-order valence-electron chi connectivity index (χ4n) is 4.00. The van der Waals surface area contributed by atoms with E-state index in [4.69, 9.17) is 5.11 Å². The lowest BCUT2D eigenvalue weighted by Crippen LogP contribution is -2.21. The van der Waals surface area contributed by atoms with Crippen molar-refractivity contribution in [2.45, 2.75) is 45.2 Å². The van der Waals surface area contributed by atoms with Crippen molar-refractivity contribution in [2.75, 3.05) is 11.9 Å². The van der Waals surface area contributed by atoms with E-state index in [9.17, 15) is 4.79 Å². The van der Waals surface area contributed by atoms with Crippen LogP contribution < -0.4 is 10.7 Å². The molecule has 0 bridgehead atoms. The van der Waals surface area contributed by atoms with Gasteiger partial charge in [0.2, 0.25) is 0 Å². The molecule has 5 heteroatoms. The zero-order chi connectivity index (χ0) is 18.8. The zero-order valence-corrected chi connectivity index (χ0v) is 15.6. The molecule has 4 rings (SSSR count). The first-order chi connectivity index (χ1) is 13.2. The van der Waals surface area contributed by atoms with Gasteiger partial charge in [-0.15, -0.1) is 0 Å². The molecule has 27 heavy (non-hydrogen) atoms. The van der Waals surface area contributed by atoms with Gasteiger partial charge >= 0.3 is 0 Å². The minimum atomic E-state index is 0.0222. The monoisotopic (exact) mass is 363 g/mol. The normalized spacial score (nSPS) is 13.9. The highest BCUT2D eigenvalue weighted by molar-refractivity contribution is 5.79. The number of fused-ring (bicyclic) bond motifs is 2. The standard InChI is InChI=1S/C22H25N3O2/c1-2-25-14-17(8-5-9-26)21(27)20-12-19(13-23-22(20)25)24-18-10-15-6-3-4-7-16(15)11-18/h3-4,6-7,12-14,18,24,26H,2,5,8-11H2,1H3. The highest BCUT2D eigenvalue weighted by Crippen LogP contribution is 2.25. The van der Waals surface area contributed by atoms with Crippen molar-refractivity contribution in [2.24, 2.45) is 0 Å². The fraction of sp³-hybridized carbons (Fsp3) is 0.364. The Labute approximate surface area is 158 Å². The molecule has 0 radical (unpaired) electrons. The Morgan fingerprint density at radius 2 is 2.00 bits per heavy atom. The number of aromatic nitrogens is 2. The molecule has 140 valence electrons. The van der Waals surface area contributed by atoms with Gasteiger partial charge in [-0.05, 0) is 49.8 Å². The average Bonchev–Trinajstić information content (AvgIpc) is 3.10. The molecule has 1 aliphatic carbocycles. The Bertz CT molecular complexity index is 1000. The van der Waals surface area contributed by atoms with Gasteiger partial charge in [0.25, 0.3) is 0 Å². The number of hydrogen-bond donors (Lipinski definition) is 2. The Balaban J connectivity index is 1.65. The van der Waals surface area contributed by atoms with E-state index in [1.165, 1.54) is 11.1 Å². The number of nitrogens with one attached hydrogen (secondary N) is 1. The number of hydrogen-bond acceptors (Lipinski definition) is 4. The number of pyridine rings is 2. The van der Waals surface area contributed by atoms with Crippen LogP contribution in [-0.2, 0) is 25.8 Å². The van der Waals surface area contributed by atoms with Gasteiger partial charge in [0.05, 0.1) is 17.3 Å². The lowest BCUT2D eigenvalue weighted by molar-refractivity contribution is 0.288. The van der Waals surface area contributed by atoms with Crippen LogP contribution in [0.15, 0.2) is 47.5 Å². The molecule has 0 saturated heterocycles. The molecule has 0 fully saturated rings. The van der Waals surface area contributed by atoms with E-state index < -0.39 is 0 Å². The maximum atomic E-state index is 12.9. The third-order valence-electron chi connectivity index (χ3n) is 5.35. The topological polar surface area (TPSA) is 67.2 Å². The largest absolute Gasteiger partial charge is 0.396 e. The van der Waals surface area contributed by atoms with Gasteiger partial charge in [-0.1, -0.05) is 24.3 Å². The first-order valence-corrected chi connectivity index (χ1v) is 9.66. The van der Waals surface area contributed by atoms with Crippen molar-refractivity contribution >= 4 is 16.7 Å². The number of aryl methyl sites for hydroxylation is 2. The lowest BCUT2D eigenvalue weighted by Gasteiger charge is -2.15. The minimum Gasteiger partial charge on any atom is -0.396 e. The molecule has 2 N–H and O–H groups in total. The van der Waals surface area contributed by atoms with E-state index in [0.717, 1.165) is 36.3 Å². The summed E-state index contributed by atoms with van der Waals surface area (Å²) in [5, 5.41) is 13.3. The number of aliphatic hydroxyl groups excluding tert-OH is 1. The second-order valence-corrected chi connectivity index (χ2v) is 7.21. The number of rotatable bonds is 6. The van der Waals surface area contributed by atoms with E-state index in [-0.39, 0.29) is 12.0 Å². The summed E-state index contributed by atoms with van der Waals surface area (Å²) in [5.74, 6) is 0. The Hall–Kier alpha value is -2.66. The van der Waals surface area contributed by atoms with E-state index >= 15 is 0 Å². The molecular formula is C22H25N3O2. The van der Waals surface area contributed by atoms with E-state index in [1.807, 2.05) is 30.0 Å². The number of aliphatic hydroxyl groups is 1. The van der Waals surface area contributed by atoms with E-state index in [1.54, 1.807) is 0 Å². The highest BCUT2D eigenvalue weighted by Gasteiger charge is 2.21. The van der Waals surface area contributed by atoms with Crippen molar-refractivity contribution in [3.63, 3.8) is 0 Å². The van der Waals surface area contributed by atoms with Crippen LogP contribution in [0.3, 0.4) is 0 Å². The summed E-state index contributed by atoms with van der Waals surface area (Å²) >= 11 is 0. The van der Waals surface area contributed by atoms with Gasteiger partial charge in [-0.2, -0.15) is 0 Å². The summed E-state index contributed by atoms with van der Waals surface area (Å²) in [6.45, 7) is 2.88. The molecule has 1 aromatic carbocycles. The second-order valence-electron chi connectivity index (χ2n) is 7.21. The first kappa shape index (κ1) is 17.7. The predicted octanol–water partition coefficient (Wildman–Crippen LogP) is 2.92. The average molecular weight is 363 g/mol. The molecule has 2 aromatic heterocycles. The van der Waals surface area contributed by atoms with Gasteiger partial charge in [0.15, 0.2) is 5.43 Å². The lowest BCUT2D eigenvalue weighted by atomic mass is 10.1. The quantitative estimate of drug-likeness (QED) is 0.707. The van der Waals surface area contributed by atoms with Crippen molar-refractivity contribution < 1.29 is 5.11 Å². The van der Waals surface area contributed by atoms with Crippen LogP contribution in [0.2, 0.25) is 0 Å². The van der Waals surface area contributed by atoms with Crippen LogP contribution in [-0.4, -0.2) is 27.3 Å². The minimum absolute atomic E-state index is 0.0222. The summed E-state index contributed by atoms with van der Waals surface area (Å²) in [7, 11) is 0. The SMILES string of the molecule is CCn1cc(CCCO)c(=O)c2cc(NC3Cc4ccccc4C3)cnc21. The number of nitrogens with zero attached hydrogens (tertiary/aromatic N) is 2. The van der Waals surface area contributed by atoms with Crippen LogP contribution in [0.4, 0.5) is 5.69 Å². The summed E-state index contributed by atoms with van der Waals surface area (Å²) in [4.78, 5) is 17.5. The van der Waals surface area contributed by atoms with Crippen LogP contribution in [0, 0.1) is 0 Å². The van der Waals surface area contributed by atoms with Crippen LogP contribution in [0.25, 0.3) is 11.0 Å². The smallest absolute Gasteiger partial charge is 0.194 e. The van der Waals surface area contributed by atoms with E-state index in [0.29, 0.717) is 24.3 Å². The first-order valence-electron chi connectivity index (χ1n) is 9.66. The summed E-state index contributed by atoms with van der Waals surface area (Å²) < 4.78 is 2.01. The molecule has 1 aliphatic rings. The highest BCUT2D eigenvalue weighted by atomic mass is 16.2. The molecule has 0 spiro atoms. The molecule has 0 amide bonds. The van der Waals surface area contributed by atoms with Gasteiger partial charge in [-0.25, -0.2) is 4.98 Å². The molecule has 0 saturated carbocycles. The van der Waals surface area contributed by atoms with Crippen LogP contribution in [0.1, 0.15) is 30.0 Å². The third-order valence-corrected chi connectivity index (χ3v) is 5.35. The number of anilines is 1. The van der Waals surface area contributed by atoms with Gasteiger partial charge in [-0.3, -0.25) is 4.79 Å². The second kappa shape index (κ2) is 7.53. The third kappa shape index (κ3) is 3.47. The molecular weight excluding hydrogens is 338 g/mol. The maximum absolute atomic E-state index is 12.9. The summed E-state index contributed by atoms with van der Waals surface area (Å²) in [6.07, 6.45) is 6.86. The van der Waals surface area contributed by atoms with Crippen molar-refractivity contribution in [1.29, 1.82) is 0 Å². The van der Waals surface area contributed by atoms with Crippen LogP contribution >= 0.6 is 0 Å². The Morgan fingerprint density at radius 3 is 2.67 bits per heavy atom. The van der Waals surface area contributed by atoms with Crippen molar-refractivity contribution in [1.82, 2.24) is 9.55 Å². The predicted molar refractivity (Wildman–Crippen MR) is 108 cm³/mol. The molecule has 0 aliphatic heterocycles. The van der Waals surface area contributed by atoms with Gasteiger partial charge in [0.1, 0.15) is 5.65 Å². The molecule has 2 heterocycles. The molecule has 3 aromatic rings. The van der Waals surface area contributed by atoms with E-state index in [2.05, 4.69) is 34.6 Å². The molecule has 5 nitrogen and oxygen atoms in total. The molecule has 0 atom stereocenters.